The number of rotatable bonds is 4. The SMILES string of the molecule is Cl.N[C@H](CC(F)(F)F)c1cccc(OC(F)F)c1. The first-order valence-corrected chi connectivity index (χ1v) is 4.65. The highest BCUT2D eigenvalue weighted by Gasteiger charge is 2.31. The maximum atomic E-state index is 12.1. The molecule has 0 radical (unpaired) electrons. The van der Waals surface area contributed by atoms with Crippen molar-refractivity contribution >= 4 is 12.4 Å². The van der Waals surface area contributed by atoms with Gasteiger partial charge in [0.2, 0.25) is 0 Å². The van der Waals surface area contributed by atoms with Crippen molar-refractivity contribution in [3.63, 3.8) is 0 Å². The summed E-state index contributed by atoms with van der Waals surface area (Å²) in [6, 6.07) is 3.63. The maximum absolute atomic E-state index is 12.1. The largest absolute Gasteiger partial charge is 0.435 e. The van der Waals surface area contributed by atoms with E-state index >= 15 is 0 Å². The average Bonchev–Trinajstić information content (AvgIpc) is 2.14. The minimum Gasteiger partial charge on any atom is -0.435 e. The molecule has 0 aliphatic rings. The molecule has 0 saturated heterocycles. The lowest BCUT2D eigenvalue weighted by atomic mass is 10.0. The Kier molecular flexibility index (Phi) is 6.34. The van der Waals surface area contributed by atoms with Gasteiger partial charge in [-0.25, -0.2) is 0 Å². The molecule has 104 valence electrons. The molecule has 1 aromatic rings. The van der Waals surface area contributed by atoms with Gasteiger partial charge in [-0.3, -0.25) is 0 Å². The van der Waals surface area contributed by atoms with Gasteiger partial charge in [-0.15, -0.1) is 12.4 Å². The number of hydrogen-bond donors (Lipinski definition) is 1. The molecule has 8 heteroatoms. The predicted molar refractivity (Wildman–Crippen MR) is 57.9 cm³/mol. The van der Waals surface area contributed by atoms with Crippen LogP contribution in [0.1, 0.15) is 18.0 Å². The first kappa shape index (κ1) is 16.9. The maximum Gasteiger partial charge on any atom is 0.390 e. The molecule has 2 N–H and O–H groups in total. The van der Waals surface area contributed by atoms with Crippen molar-refractivity contribution in [2.75, 3.05) is 0 Å². The Labute approximate surface area is 106 Å². The monoisotopic (exact) mass is 291 g/mol. The summed E-state index contributed by atoms with van der Waals surface area (Å²) in [4.78, 5) is 0. The molecule has 0 unspecified atom stereocenters. The summed E-state index contributed by atoms with van der Waals surface area (Å²) in [5, 5.41) is 0. The fourth-order valence-corrected chi connectivity index (χ4v) is 1.29. The first-order valence-electron chi connectivity index (χ1n) is 4.65. The van der Waals surface area contributed by atoms with Crippen molar-refractivity contribution in [3.8, 4) is 5.75 Å². The second-order valence-electron chi connectivity index (χ2n) is 3.38. The Balaban J connectivity index is 0.00000289. The number of hydrogen-bond acceptors (Lipinski definition) is 2. The van der Waals surface area contributed by atoms with Gasteiger partial charge in [-0.2, -0.15) is 22.0 Å². The van der Waals surface area contributed by atoms with Crippen LogP contribution in [-0.4, -0.2) is 12.8 Å². The lowest BCUT2D eigenvalue weighted by molar-refractivity contribution is -0.138. The van der Waals surface area contributed by atoms with E-state index in [0.29, 0.717) is 0 Å². The summed E-state index contributed by atoms with van der Waals surface area (Å²) in [5.41, 5.74) is 5.42. The number of halogens is 6. The van der Waals surface area contributed by atoms with Crippen LogP contribution in [0, 0.1) is 0 Å². The zero-order chi connectivity index (χ0) is 13.1. The van der Waals surface area contributed by atoms with Crippen LogP contribution in [0.15, 0.2) is 24.3 Å². The minimum atomic E-state index is -4.40. The summed E-state index contributed by atoms with van der Waals surface area (Å²) in [6.07, 6.45) is -5.62. The molecule has 0 saturated carbocycles. The third-order valence-corrected chi connectivity index (χ3v) is 1.96. The van der Waals surface area contributed by atoms with Crippen LogP contribution in [0.3, 0.4) is 0 Å². The van der Waals surface area contributed by atoms with E-state index in [4.69, 9.17) is 5.73 Å². The third kappa shape index (κ3) is 6.02. The van der Waals surface area contributed by atoms with E-state index in [-0.39, 0.29) is 23.7 Å². The highest BCUT2D eigenvalue weighted by molar-refractivity contribution is 5.85. The second kappa shape index (κ2) is 6.75. The second-order valence-corrected chi connectivity index (χ2v) is 3.38. The lowest BCUT2D eigenvalue weighted by Crippen LogP contribution is -2.20. The molecule has 0 aliphatic carbocycles. The topological polar surface area (TPSA) is 35.2 Å². The van der Waals surface area contributed by atoms with Crippen LogP contribution in [-0.2, 0) is 0 Å². The van der Waals surface area contributed by atoms with Crippen LogP contribution < -0.4 is 10.5 Å². The summed E-state index contributed by atoms with van der Waals surface area (Å²) < 4.78 is 64.1. The quantitative estimate of drug-likeness (QED) is 0.859. The van der Waals surface area contributed by atoms with E-state index in [1.807, 2.05) is 0 Å². The Hall–Kier alpha value is -1.08. The molecule has 0 bridgehead atoms. The summed E-state index contributed by atoms with van der Waals surface area (Å²) in [6.45, 7) is -3.02. The van der Waals surface area contributed by atoms with Gasteiger partial charge < -0.3 is 10.5 Å². The number of ether oxygens (including phenoxy) is 1. The van der Waals surface area contributed by atoms with E-state index in [2.05, 4.69) is 4.74 Å². The van der Waals surface area contributed by atoms with Gasteiger partial charge >= 0.3 is 12.8 Å². The Morgan fingerprint density at radius 2 is 1.83 bits per heavy atom. The molecule has 0 aliphatic heterocycles. The van der Waals surface area contributed by atoms with Crippen molar-refractivity contribution in [1.82, 2.24) is 0 Å². The molecule has 1 atom stereocenters. The van der Waals surface area contributed by atoms with E-state index in [1.54, 1.807) is 0 Å². The molecule has 18 heavy (non-hydrogen) atoms. The molecule has 1 rings (SSSR count). The standard InChI is InChI=1S/C10H10F5NO.ClH/c11-9(12)17-7-3-1-2-6(4-7)8(16)5-10(13,14)15;/h1-4,8-9H,5,16H2;1H/t8-;/m1./s1. The first-order chi connectivity index (χ1) is 7.78. The molecular formula is C10H11ClF5NO. The molecule has 2 nitrogen and oxygen atoms in total. The highest BCUT2D eigenvalue weighted by atomic mass is 35.5. The van der Waals surface area contributed by atoms with E-state index in [9.17, 15) is 22.0 Å². The van der Waals surface area contributed by atoms with Crippen molar-refractivity contribution < 1.29 is 26.7 Å². The van der Waals surface area contributed by atoms with Crippen molar-refractivity contribution in [1.29, 1.82) is 0 Å². The van der Waals surface area contributed by atoms with Crippen LogP contribution in [0.25, 0.3) is 0 Å². The fraction of sp³-hybridized carbons (Fsp3) is 0.400. The average molecular weight is 292 g/mol. The van der Waals surface area contributed by atoms with Crippen LogP contribution in [0.2, 0.25) is 0 Å². The van der Waals surface area contributed by atoms with Gasteiger partial charge in [0.25, 0.3) is 0 Å². The zero-order valence-electron chi connectivity index (χ0n) is 8.95. The van der Waals surface area contributed by atoms with Gasteiger partial charge in [-0.1, -0.05) is 12.1 Å². The summed E-state index contributed by atoms with van der Waals surface area (Å²) in [5.74, 6) is -0.213. The Morgan fingerprint density at radius 1 is 1.22 bits per heavy atom. The van der Waals surface area contributed by atoms with Gasteiger partial charge in [0.15, 0.2) is 0 Å². The number of alkyl halides is 5. The van der Waals surface area contributed by atoms with Crippen LogP contribution >= 0.6 is 12.4 Å². The lowest BCUT2D eigenvalue weighted by Gasteiger charge is -2.15. The molecular weight excluding hydrogens is 281 g/mol. The van der Waals surface area contributed by atoms with Gasteiger partial charge in [0, 0.05) is 6.04 Å². The Morgan fingerprint density at radius 3 is 2.33 bits per heavy atom. The molecule has 0 aromatic heterocycles. The van der Waals surface area contributed by atoms with E-state index < -0.39 is 25.3 Å². The van der Waals surface area contributed by atoms with Crippen LogP contribution in [0.4, 0.5) is 22.0 Å². The molecule has 0 spiro atoms. The van der Waals surface area contributed by atoms with Gasteiger partial charge in [0.1, 0.15) is 5.75 Å². The number of nitrogens with two attached hydrogens (primary N) is 1. The fourth-order valence-electron chi connectivity index (χ4n) is 1.29. The Bertz CT molecular complexity index is 372. The molecule has 0 fully saturated rings. The molecule has 0 amide bonds. The van der Waals surface area contributed by atoms with Crippen LogP contribution in [0.5, 0.6) is 5.75 Å². The number of benzene rings is 1. The predicted octanol–water partition coefficient (Wildman–Crippen LogP) is 3.66. The smallest absolute Gasteiger partial charge is 0.390 e. The van der Waals surface area contributed by atoms with Crippen molar-refractivity contribution in [2.24, 2.45) is 5.73 Å². The van der Waals surface area contributed by atoms with E-state index in [0.717, 1.165) is 6.07 Å². The molecule has 0 heterocycles. The minimum absolute atomic E-state index is 0. The van der Waals surface area contributed by atoms with Crippen molar-refractivity contribution in [2.45, 2.75) is 25.3 Å². The summed E-state index contributed by atoms with van der Waals surface area (Å²) >= 11 is 0. The van der Waals surface area contributed by atoms with Gasteiger partial charge in [-0.05, 0) is 17.7 Å². The van der Waals surface area contributed by atoms with E-state index in [1.165, 1.54) is 18.2 Å². The normalized spacial score (nSPS) is 13.1. The van der Waals surface area contributed by atoms with Crippen molar-refractivity contribution in [3.05, 3.63) is 29.8 Å². The third-order valence-electron chi connectivity index (χ3n) is 1.96. The van der Waals surface area contributed by atoms with Gasteiger partial charge in [0.05, 0.1) is 6.42 Å². The highest BCUT2D eigenvalue weighted by Crippen LogP contribution is 2.29. The zero-order valence-corrected chi connectivity index (χ0v) is 9.77. The molecule has 1 aromatic carbocycles. The summed E-state index contributed by atoms with van der Waals surface area (Å²) in [7, 11) is 0.